The van der Waals surface area contributed by atoms with E-state index in [0.29, 0.717) is 11.4 Å². The fourth-order valence-corrected chi connectivity index (χ4v) is 3.18. The normalized spacial score (nSPS) is 12.7. The first kappa shape index (κ1) is 15.5. The molecule has 18 heavy (non-hydrogen) atoms. The predicted octanol–water partition coefficient (Wildman–Crippen LogP) is 2.56. The summed E-state index contributed by atoms with van der Waals surface area (Å²) in [5.41, 5.74) is 5.84. The van der Waals surface area contributed by atoms with Crippen LogP contribution in [0.1, 0.15) is 20.3 Å². The Balaban J connectivity index is 2.55. The van der Waals surface area contributed by atoms with Crippen molar-refractivity contribution in [2.24, 2.45) is 11.1 Å². The number of hydrogen-bond acceptors (Lipinski definition) is 4. The van der Waals surface area contributed by atoms with Crippen LogP contribution in [0.15, 0.2) is 34.1 Å². The monoisotopic (exact) mass is 287 g/mol. The number of nitrogens with two attached hydrogens (primary N) is 1. The van der Waals surface area contributed by atoms with Crippen LogP contribution in [0.25, 0.3) is 0 Å². The Bertz CT molecular complexity index is 478. The molecular weight excluding hydrogens is 266 g/mol. The summed E-state index contributed by atoms with van der Waals surface area (Å²) in [5, 5.41) is 0. The SMILES string of the molecule is CC(C)(CN)CCSc1ccc(S(C)(=O)=O)cc1. The van der Waals surface area contributed by atoms with Crippen LogP contribution in [-0.4, -0.2) is 27.0 Å². The number of rotatable bonds is 6. The highest BCUT2D eigenvalue weighted by atomic mass is 32.2. The molecule has 0 saturated heterocycles. The Kier molecular flexibility index (Phi) is 5.25. The van der Waals surface area contributed by atoms with Gasteiger partial charge in [-0.25, -0.2) is 8.42 Å². The van der Waals surface area contributed by atoms with Gasteiger partial charge < -0.3 is 5.73 Å². The zero-order valence-corrected chi connectivity index (χ0v) is 12.8. The molecule has 0 saturated carbocycles. The van der Waals surface area contributed by atoms with Crippen LogP contribution in [0.3, 0.4) is 0 Å². The lowest BCUT2D eigenvalue weighted by atomic mass is 9.91. The largest absolute Gasteiger partial charge is 0.330 e. The van der Waals surface area contributed by atoms with Crippen LogP contribution in [-0.2, 0) is 9.84 Å². The van der Waals surface area contributed by atoms with Gasteiger partial charge in [0.05, 0.1) is 4.90 Å². The fourth-order valence-electron chi connectivity index (χ4n) is 1.33. The van der Waals surface area contributed by atoms with E-state index in [2.05, 4.69) is 13.8 Å². The number of sulfone groups is 1. The maximum Gasteiger partial charge on any atom is 0.175 e. The van der Waals surface area contributed by atoms with Crippen LogP contribution in [0.5, 0.6) is 0 Å². The second-order valence-corrected chi connectivity index (χ2v) is 8.39. The van der Waals surface area contributed by atoms with Gasteiger partial charge in [-0.15, -0.1) is 11.8 Å². The maximum atomic E-state index is 11.3. The Morgan fingerprint density at radius 2 is 1.78 bits per heavy atom. The molecule has 1 aromatic carbocycles. The summed E-state index contributed by atoms with van der Waals surface area (Å²) in [6.45, 7) is 4.99. The molecule has 1 aromatic rings. The van der Waals surface area contributed by atoms with Gasteiger partial charge in [0.1, 0.15) is 0 Å². The molecule has 1 rings (SSSR count). The zero-order valence-electron chi connectivity index (χ0n) is 11.1. The van der Waals surface area contributed by atoms with E-state index in [0.717, 1.165) is 17.1 Å². The Morgan fingerprint density at radius 1 is 1.22 bits per heavy atom. The molecule has 0 heterocycles. The minimum absolute atomic E-state index is 0.166. The summed E-state index contributed by atoms with van der Waals surface area (Å²) in [7, 11) is -3.09. The summed E-state index contributed by atoms with van der Waals surface area (Å²) in [6.07, 6.45) is 2.26. The van der Waals surface area contributed by atoms with Crippen molar-refractivity contribution in [2.45, 2.75) is 30.1 Å². The van der Waals surface area contributed by atoms with Gasteiger partial charge in [0.2, 0.25) is 0 Å². The first-order valence-electron chi connectivity index (χ1n) is 5.88. The molecule has 0 aliphatic heterocycles. The smallest absolute Gasteiger partial charge is 0.175 e. The van der Waals surface area contributed by atoms with Gasteiger partial charge in [-0.3, -0.25) is 0 Å². The van der Waals surface area contributed by atoms with E-state index in [1.54, 1.807) is 23.9 Å². The molecule has 0 bridgehead atoms. The van der Waals surface area contributed by atoms with Crippen molar-refractivity contribution in [3.05, 3.63) is 24.3 Å². The van der Waals surface area contributed by atoms with E-state index in [1.807, 2.05) is 12.1 Å². The van der Waals surface area contributed by atoms with E-state index in [9.17, 15) is 8.42 Å². The summed E-state index contributed by atoms with van der Waals surface area (Å²) in [4.78, 5) is 1.46. The van der Waals surface area contributed by atoms with Crippen molar-refractivity contribution in [3.63, 3.8) is 0 Å². The van der Waals surface area contributed by atoms with E-state index in [-0.39, 0.29) is 5.41 Å². The number of benzene rings is 1. The topological polar surface area (TPSA) is 60.2 Å². The maximum absolute atomic E-state index is 11.3. The lowest BCUT2D eigenvalue weighted by Gasteiger charge is -2.21. The second kappa shape index (κ2) is 6.08. The lowest BCUT2D eigenvalue weighted by Crippen LogP contribution is -2.23. The lowest BCUT2D eigenvalue weighted by molar-refractivity contribution is 0.368. The zero-order chi connectivity index (χ0) is 13.8. The quantitative estimate of drug-likeness (QED) is 0.817. The van der Waals surface area contributed by atoms with Crippen LogP contribution >= 0.6 is 11.8 Å². The van der Waals surface area contributed by atoms with Gasteiger partial charge >= 0.3 is 0 Å². The summed E-state index contributed by atoms with van der Waals surface area (Å²) < 4.78 is 22.6. The highest BCUT2D eigenvalue weighted by Crippen LogP contribution is 2.26. The fraction of sp³-hybridized carbons (Fsp3) is 0.538. The summed E-state index contributed by atoms with van der Waals surface area (Å²) in [5.74, 6) is 0.989. The predicted molar refractivity (Wildman–Crippen MR) is 77.7 cm³/mol. The third-order valence-electron chi connectivity index (χ3n) is 2.85. The van der Waals surface area contributed by atoms with Gasteiger partial charge in [-0.1, -0.05) is 13.8 Å². The standard InChI is InChI=1S/C13H21NO2S2/c1-13(2,10-14)8-9-17-11-4-6-12(7-5-11)18(3,15)16/h4-7H,8-10,14H2,1-3H3. The van der Waals surface area contributed by atoms with Crippen molar-refractivity contribution in [1.82, 2.24) is 0 Å². The molecule has 0 amide bonds. The van der Waals surface area contributed by atoms with Crippen molar-refractivity contribution >= 4 is 21.6 Å². The highest BCUT2D eigenvalue weighted by Gasteiger charge is 2.15. The van der Waals surface area contributed by atoms with Gasteiger partial charge in [-0.2, -0.15) is 0 Å². The molecule has 0 unspecified atom stereocenters. The van der Waals surface area contributed by atoms with E-state index in [1.165, 1.54) is 6.26 Å². The second-order valence-electron chi connectivity index (χ2n) is 5.21. The van der Waals surface area contributed by atoms with Crippen LogP contribution in [0, 0.1) is 5.41 Å². The average Bonchev–Trinajstić information content (AvgIpc) is 2.28. The Hall–Kier alpha value is -0.520. The third-order valence-corrected chi connectivity index (χ3v) is 4.99. The molecule has 0 aromatic heterocycles. The first-order chi connectivity index (χ1) is 8.24. The van der Waals surface area contributed by atoms with Crippen LogP contribution in [0.4, 0.5) is 0 Å². The van der Waals surface area contributed by atoms with Crippen molar-refractivity contribution in [2.75, 3.05) is 18.6 Å². The molecule has 0 fully saturated rings. The molecule has 102 valence electrons. The number of thioether (sulfide) groups is 1. The molecule has 5 heteroatoms. The number of hydrogen-bond donors (Lipinski definition) is 1. The molecule has 0 atom stereocenters. The minimum Gasteiger partial charge on any atom is -0.330 e. The summed E-state index contributed by atoms with van der Waals surface area (Å²) >= 11 is 1.73. The van der Waals surface area contributed by atoms with Crippen molar-refractivity contribution in [1.29, 1.82) is 0 Å². The molecule has 2 N–H and O–H groups in total. The van der Waals surface area contributed by atoms with Gasteiger partial charge in [-0.05, 0) is 48.4 Å². The molecule has 0 aliphatic carbocycles. The molecule has 0 spiro atoms. The van der Waals surface area contributed by atoms with Gasteiger partial charge in [0.25, 0.3) is 0 Å². The molecule has 0 radical (unpaired) electrons. The van der Waals surface area contributed by atoms with Gasteiger partial charge in [0.15, 0.2) is 9.84 Å². The highest BCUT2D eigenvalue weighted by molar-refractivity contribution is 7.99. The van der Waals surface area contributed by atoms with Crippen LogP contribution in [0.2, 0.25) is 0 Å². The first-order valence-corrected chi connectivity index (χ1v) is 8.75. The minimum atomic E-state index is -3.09. The third kappa shape index (κ3) is 5.00. The van der Waals surface area contributed by atoms with E-state index < -0.39 is 9.84 Å². The average molecular weight is 287 g/mol. The Morgan fingerprint density at radius 3 is 2.22 bits per heavy atom. The summed E-state index contributed by atoms with van der Waals surface area (Å²) in [6, 6.07) is 7.03. The molecule has 3 nitrogen and oxygen atoms in total. The van der Waals surface area contributed by atoms with Crippen molar-refractivity contribution < 1.29 is 8.42 Å². The van der Waals surface area contributed by atoms with E-state index >= 15 is 0 Å². The van der Waals surface area contributed by atoms with Crippen molar-refractivity contribution in [3.8, 4) is 0 Å². The van der Waals surface area contributed by atoms with E-state index in [4.69, 9.17) is 5.73 Å². The van der Waals surface area contributed by atoms with Crippen LogP contribution < -0.4 is 5.73 Å². The molecular formula is C13H21NO2S2. The molecule has 0 aliphatic rings. The van der Waals surface area contributed by atoms with Gasteiger partial charge in [0, 0.05) is 11.2 Å². The Labute approximate surface area is 114 Å².